The number of halogens is 3. The molecule has 0 bridgehead atoms. The van der Waals surface area contributed by atoms with Gasteiger partial charge in [0.05, 0.1) is 18.5 Å². The van der Waals surface area contributed by atoms with E-state index in [0.717, 1.165) is 4.90 Å². The lowest BCUT2D eigenvalue weighted by Crippen LogP contribution is -2.43. The number of amides is 1. The van der Waals surface area contributed by atoms with Crippen LogP contribution in [0.3, 0.4) is 0 Å². The smallest absolute Gasteiger partial charge is 0.433 e. The minimum absolute atomic E-state index is 0.0298. The van der Waals surface area contributed by atoms with E-state index in [9.17, 15) is 23.1 Å². The van der Waals surface area contributed by atoms with Gasteiger partial charge in [0.25, 0.3) is 0 Å². The Labute approximate surface area is 147 Å². The highest BCUT2D eigenvalue weighted by atomic mass is 19.4. The summed E-state index contributed by atoms with van der Waals surface area (Å²) >= 11 is 0. The van der Waals surface area contributed by atoms with Crippen molar-refractivity contribution in [2.75, 3.05) is 6.54 Å². The number of carbonyl (C=O) groups is 1. The maximum Gasteiger partial charge on any atom is 0.433 e. The Morgan fingerprint density at radius 1 is 1.31 bits per heavy atom. The van der Waals surface area contributed by atoms with Crippen molar-refractivity contribution >= 4 is 6.09 Å². The molecular formula is C17H18F3N3O3. The first-order chi connectivity index (χ1) is 12.0. The number of aromatic nitrogens is 2. The summed E-state index contributed by atoms with van der Waals surface area (Å²) in [5, 5.41) is 9.37. The monoisotopic (exact) mass is 369 g/mol. The number of furan rings is 1. The van der Waals surface area contributed by atoms with Crippen LogP contribution in [0.1, 0.15) is 43.6 Å². The first kappa shape index (κ1) is 18.2. The first-order valence-corrected chi connectivity index (χ1v) is 7.98. The lowest BCUT2D eigenvalue weighted by molar-refractivity contribution is -0.142. The molecule has 1 aliphatic rings. The maximum atomic E-state index is 13.8. The second-order valence-corrected chi connectivity index (χ2v) is 7.31. The minimum Gasteiger partial charge on any atom is -0.465 e. The number of alkyl halides is 3. The van der Waals surface area contributed by atoms with Gasteiger partial charge in [-0.05, 0) is 17.5 Å². The maximum absolute atomic E-state index is 13.8. The van der Waals surface area contributed by atoms with Gasteiger partial charge in [-0.25, -0.2) is 14.8 Å². The number of rotatable bonds is 1. The van der Waals surface area contributed by atoms with Crippen LogP contribution in [0.5, 0.6) is 0 Å². The van der Waals surface area contributed by atoms with E-state index >= 15 is 0 Å². The van der Waals surface area contributed by atoms with E-state index in [1.165, 1.54) is 18.4 Å². The predicted octanol–water partition coefficient (Wildman–Crippen LogP) is 4.38. The molecule has 0 aromatic carbocycles. The van der Waals surface area contributed by atoms with Crippen molar-refractivity contribution in [3.05, 3.63) is 35.3 Å². The lowest BCUT2D eigenvalue weighted by Gasteiger charge is -2.40. The summed E-state index contributed by atoms with van der Waals surface area (Å²) in [6.07, 6.45) is -4.58. The molecule has 0 fully saturated rings. The Kier molecular flexibility index (Phi) is 4.20. The number of hydrogen-bond donors (Lipinski definition) is 1. The molecule has 3 rings (SSSR count). The van der Waals surface area contributed by atoms with Gasteiger partial charge in [-0.15, -0.1) is 0 Å². The van der Waals surface area contributed by atoms with Crippen LogP contribution >= 0.6 is 0 Å². The van der Waals surface area contributed by atoms with Gasteiger partial charge in [0.15, 0.2) is 17.3 Å². The summed E-state index contributed by atoms with van der Waals surface area (Å²) in [6.45, 7) is 5.04. The van der Waals surface area contributed by atoms with Gasteiger partial charge in [0.2, 0.25) is 0 Å². The van der Waals surface area contributed by atoms with Gasteiger partial charge in [-0.2, -0.15) is 13.2 Å². The largest absolute Gasteiger partial charge is 0.465 e. The summed E-state index contributed by atoms with van der Waals surface area (Å²) in [7, 11) is 0. The predicted molar refractivity (Wildman–Crippen MR) is 85.4 cm³/mol. The quantitative estimate of drug-likeness (QED) is 0.807. The molecule has 0 saturated heterocycles. The average Bonchev–Trinajstić information content (AvgIpc) is 3.05. The highest BCUT2D eigenvalue weighted by Crippen LogP contribution is 2.45. The second-order valence-electron chi connectivity index (χ2n) is 7.31. The molecule has 1 amide bonds. The van der Waals surface area contributed by atoms with Crippen LogP contribution in [0, 0.1) is 5.41 Å². The molecule has 3 heterocycles. The van der Waals surface area contributed by atoms with E-state index in [1.54, 1.807) is 20.8 Å². The van der Waals surface area contributed by atoms with Gasteiger partial charge >= 0.3 is 12.3 Å². The Hall–Kier alpha value is -2.58. The van der Waals surface area contributed by atoms with Crippen LogP contribution in [-0.2, 0) is 12.7 Å². The zero-order valence-electron chi connectivity index (χ0n) is 14.5. The van der Waals surface area contributed by atoms with Crippen LogP contribution in [0.2, 0.25) is 0 Å². The first-order valence-electron chi connectivity index (χ1n) is 7.98. The fourth-order valence-corrected chi connectivity index (χ4v) is 3.14. The van der Waals surface area contributed by atoms with Crippen LogP contribution in [0.15, 0.2) is 22.8 Å². The van der Waals surface area contributed by atoms with E-state index in [2.05, 4.69) is 9.97 Å². The number of nitrogens with zero attached hydrogens (tertiary/aromatic N) is 3. The SMILES string of the molecule is CC(C)(C)C1CN(C(=O)O)Cc2nc(-c3ccco3)nc(C(F)(F)F)c21. The summed E-state index contributed by atoms with van der Waals surface area (Å²) in [4.78, 5) is 20.5. The van der Waals surface area contributed by atoms with Crippen LogP contribution in [-0.4, -0.2) is 32.6 Å². The van der Waals surface area contributed by atoms with E-state index in [4.69, 9.17) is 4.42 Å². The molecular weight excluding hydrogens is 351 g/mol. The molecule has 0 saturated carbocycles. The molecule has 0 aliphatic carbocycles. The van der Waals surface area contributed by atoms with Crippen LogP contribution < -0.4 is 0 Å². The highest BCUT2D eigenvalue weighted by molar-refractivity contribution is 5.66. The Balaban J connectivity index is 2.27. The zero-order chi connectivity index (χ0) is 19.3. The molecule has 9 heteroatoms. The van der Waals surface area contributed by atoms with Gasteiger partial charge in [-0.1, -0.05) is 20.8 Å². The second kappa shape index (κ2) is 6.00. The molecule has 0 radical (unpaired) electrons. The molecule has 6 nitrogen and oxygen atoms in total. The summed E-state index contributed by atoms with van der Waals surface area (Å²) in [5.74, 6) is -0.802. The van der Waals surface area contributed by atoms with E-state index in [-0.39, 0.29) is 35.9 Å². The molecule has 2 aromatic heterocycles. The van der Waals surface area contributed by atoms with Crippen molar-refractivity contribution in [1.29, 1.82) is 0 Å². The van der Waals surface area contributed by atoms with Gasteiger partial charge < -0.3 is 14.4 Å². The minimum atomic E-state index is -4.69. The van der Waals surface area contributed by atoms with Crippen LogP contribution in [0.25, 0.3) is 11.6 Å². The van der Waals surface area contributed by atoms with E-state index in [0.29, 0.717) is 0 Å². The number of carboxylic acid groups (broad SMARTS) is 1. The van der Waals surface area contributed by atoms with E-state index in [1.807, 2.05) is 0 Å². The molecule has 1 aliphatic heterocycles. The fourth-order valence-electron chi connectivity index (χ4n) is 3.14. The Bertz CT molecular complexity index is 826. The third-order valence-electron chi connectivity index (χ3n) is 4.44. The zero-order valence-corrected chi connectivity index (χ0v) is 14.5. The van der Waals surface area contributed by atoms with Crippen LogP contribution in [0.4, 0.5) is 18.0 Å². The number of fused-ring (bicyclic) bond motifs is 1. The molecule has 2 aromatic rings. The van der Waals surface area contributed by atoms with Crippen molar-refractivity contribution in [2.45, 2.75) is 39.4 Å². The molecule has 0 spiro atoms. The standard InChI is InChI=1S/C17H18F3N3O3/c1-16(2,3)9-7-23(15(24)25)8-10-12(9)13(17(18,19)20)22-14(21-10)11-5-4-6-26-11/h4-6,9H,7-8H2,1-3H3,(H,24,25). The normalized spacial score (nSPS) is 17.9. The van der Waals surface area contributed by atoms with Gasteiger partial charge in [-0.3, -0.25) is 0 Å². The Morgan fingerprint density at radius 2 is 2.00 bits per heavy atom. The van der Waals surface area contributed by atoms with Crippen molar-refractivity contribution in [2.24, 2.45) is 5.41 Å². The van der Waals surface area contributed by atoms with Crippen molar-refractivity contribution in [3.63, 3.8) is 0 Å². The summed E-state index contributed by atoms with van der Waals surface area (Å²) in [5.41, 5.74) is -1.61. The topological polar surface area (TPSA) is 79.5 Å². The van der Waals surface area contributed by atoms with Gasteiger partial charge in [0, 0.05) is 18.0 Å². The molecule has 1 N–H and O–H groups in total. The summed E-state index contributed by atoms with van der Waals surface area (Å²) < 4.78 is 46.4. The van der Waals surface area contributed by atoms with Crippen molar-refractivity contribution < 1.29 is 27.5 Å². The lowest BCUT2D eigenvalue weighted by atomic mass is 9.73. The average molecular weight is 369 g/mol. The van der Waals surface area contributed by atoms with Gasteiger partial charge in [0.1, 0.15) is 0 Å². The fraction of sp³-hybridized carbons (Fsp3) is 0.471. The molecule has 140 valence electrons. The molecule has 26 heavy (non-hydrogen) atoms. The van der Waals surface area contributed by atoms with Crippen molar-refractivity contribution in [3.8, 4) is 11.6 Å². The molecule has 1 unspecified atom stereocenters. The third-order valence-corrected chi connectivity index (χ3v) is 4.44. The van der Waals surface area contributed by atoms with E-state index < -0.39 is 29.3 Å². The Morgan fingerprint density at radius 3 is 2.50 bits per heavy atom. The highest BCUT2D eigenvalue weighted by Gasteiger charge is 2.45. The molecule has 1 atom stereocenters. The third kappa shape index (κ3) is 3.25. The summed E-state index contributed by atoms with van der Waals surface area (Å²) in [6, 6.07) is 2.98. The van der Waals surface area contributed by atoms with Crippen molar-refractivity contribution in [1.82, 2.24) is 14.9 Å². The number of hydrogen-bond acceptors (Lipinski definition) is 4.